The fourth-order valence-electron chi connectivity index (χ4n) is 4.64. The summed E-state index contributed by atoms with van der Waals surface area (Å²) in [6.07, 6.45) is -1.12. The molecular formula is C28H36F3N7. The predicted octanol–water partition coefficient (Wildman–Crippen LogP) is 6.03. The highest BCUT2D eigenvalue weighted by Crippen LogP contribution is 2.35. The van der Waals surface area contributed by atoms with E-state index < -0.39 is 11.7 Å². The summed E-state index contributed by atoms with van der Waals surface area (Å²) in [5, 5.41) is 0. The van der Waals surface area contributed by atoms with E-state index in [1.165, 1.54) is 17.8 Å². The monoisotopic (exact) mass is 527 g/mol. The molecule has 1 saturated heterocycles. The first-order valence-corrected chi connectivity index (χ1v) is 13.3. The number of halogens is 3. The topological polar surface area (TPSA) is 61.3 Å². The number of nitrogens with zero attached hydrogens (tertiary/aromatic N) is 7. The Hall–Kier alpha value is -3.43. The van der Waals surface area contributed by atoms with Crippen molar-refractivity contribution < 1.29 is 13.2 Å². The molecule has 0 aliphatic carbocycles. The van der Waals surface area contributed by atoms with Crippen LogP contribution < -0.4 is 14.7 Å². The molecule has 0 bridgehead atoms. The molecule has 1 aliphatic heterocycles. The van der Waals surface area contributed by atoms with Crippen molar-refractivity contribution in [1.82, 2.24) is 19.9 Å². The van der Waals surface area contributed by atoms with Crippen LogP contribution in [0.25, 0.3) is 11.4 Å². The van der Waals surface area contributed by atoms with Crippen molar-refractivity contribution in [3.63, 3.8) is 0 Å². The first-order chi connectivity index (χ1) is 18.2. The highest BCUT2D eigenvalue weighted by atomic mass is 19.4. The zero-order valence-electron chi connectivity index (χ0n) is 22.5. The Balaban J connectivity index is 1.65. The van der Waals surface area contributed by atoms with Crippen molar-refractivity contribution in [1.29, 1.82) is 0 Å². The number of benzene rings is 1. The molecule has 3 heterocycles. The zero-order valence-corrected chi connectivity index (χ0v) is 22.5. The Morgan fingerprint density at radius 1 is 0.895 bits per heavy atom. The van der Waals surface area contributed by atoms with Crippen LogP contribution in [-0.2, 0) is 6.18 Å². The van der Waals surface area contributed by atoms with Crippen molar-refractivity contribution >= 4 is 17.7 Å². The molecular weight excluding hydrogens is 491 g/mol. The Bertz CT molecular complexity index is 1200. The fourth-order valence-corrected chi connectivity index (χ4v) is 4.64. The van der Waals surface area contributed by atoms with Gasteiger partial charge in [0, 0.05) is 51.0 Å². The highest BCUT2D eigenvalue weighted by Gasteiger charge is 2.36. The molecule has 1 aliphatic rings. The summed E-state index contributed by atoms with van der Waals surface area (Å²) in [4.78, 5) is 24.5. The van der Waals surface area contributed by atoms with Gasteiger partial charge in [0.05, 0.1) is 5.56 Å². The maximum atomic E-state index is 13.6. The molecule has 1 aromatic carbocycles. The second kappa shape index (κ2) is 12.0. The third kappa shape index (κ3) is 6.34. The molecule has 0 spiro atoms. The number of hydrogen-bond acceptors (Lipinski definition) is 7. The van der Waals surface area contributed by atoms with Crippen LogP contribution in [0, 0.1) is 0 Å². The van der Waals surface area contributed by atoms with Crippen LogP contribution in [0.4, 0.5) is 30.9 Å². The molecule has 38 heavy (non-hydrogen) atoms. The number of alkyl halides is 3. The van der Waals surface area contributed by atoms with Crippen molar-refractivity contribution in [2.45, 2.75) is 52.6 Å². The van der Waals surface area contributed by atoms with Crippen LogP contribution in [0.5, 0.6) is 0 Å². The van der Waals surface area contributed by atoms with Gasteiger partial charge in [-0.05, 0) is 42.5 Å². The third-order valence-electron chi connectivity index (χ3n) is 6.65. The van der Waals surface area contributed by atoms with Gasteiger partial charge in [-0.15, -0.1) is 0 Å². The second-order valence-corrected chi connectivity index (χ2v) is 9.87. The third-order valence-corrected chi connectivity index (χ3v) is 6.65. The number of hydrogen-bond donors (Lipinski definition) is 0. The quantitative estimate of drug-likeness (QED) is 0.337. The van der Waals surface area contributed by atoms with E-state index >= 15 is 0 Å². The second-order valence-electron chi connectivity index (χ2n) is 9.87. The van der Waals surface area contributed by atoms with E-state index in [-0.39, 0.29) is 5.82 Å². The Kier molecular flexibility index (Phi) is 8.69. The smallest absolute Gasteiger partial charge is 0.353 e. The van der Waals surface area contributed by atoms with E-state index in [9.17, 15) is 13.2 Å². The van der Waals surface area contributed by atoms with Gasteiger partial charge in [0.15, 0.2) is 5.82 Å². The summed E-state index contributed by atoms with van der Waals surface area (Å²) in [6, 6.07) is 10.7. The van der Waals surface area contributed by atoms with Gasteiger partial charge in [0.1, 0.15) is 5.82 Å². The SMILES string of the molecule is CCCN(CCC)c1nc(-c2cccc(C(C)C)c2)nc(N2CCN(c3ncccc3C(F)(F)F)CC2)n1. The average Bonchev–Trinajstić information content (AvgIpc) is 2.92. The Morgan fingerprint density at radius 3 is 2.21 bits per heavy atom. The normalized spacial score (nSPS) is 14.3. The molecule has 0 amide bonds. The molecule has 2 aromatic heterocycles. The van der Waals surface area contributed by atoms with Gasteiger partial charge < -0.3 is 14.7 Å². The summed E-state index contributed by atoms with van der Waals surface area (Å²) >= 11 is 0. The minimum Gasteiger partial charge on any atom is -0.353 e. The number of rotatable bonds is 9. The van der Waals surface area contributed by atoms with Gasteiger partial charge in [-0.1, -0.05) is 45.9 Å². The number of aromatic nitrogens is 4. The Labute approximate surface area is 222 Å². The fraction of sp³-hybridized carbons (Fsp3) is 0.500. The van der Waals surface area contributed by atoms with Gasteiger partial charge in [-0.2, -0.15) is 28.1 Å². The van der Waals surface area contributed by atoms with E-state index in [1.807, 2.05) is 17.0 Å². The van der Waals surface area contributed by atoms with Gasteiger partial charge in [0.2, 0.25) is 11.9 Å². The molecule has 0 atom stereocenters. The highest BCUT2D eigenvalue weighted by molar-refractivity contribution is 5.60. The van der Waals surface area contributed by atoms with Gasteiger partial charge in [0.25, 0.3) is 0 Å². The molecule has 0 unspecified atom stereocenters. The molecule has 204 valence electrons. The van der Waals surface area contributed by atoms with Crippen LogP contribution in [0.1, 0.15) is 57.6 Å². The van der Waals surface area contributed by atoms with Gasteiger partial charge >= 0.3 is 6.18 Å². The van der Waals surface area contributed by atoms with Crippen LogP contribution in [0.2, 0.25) is 0 Å². The zero-order chi connectivity index (χ0) is 27.3. The maximum absolute atomic E-state index is 13.6. The minimum absolute atomic E-state index is 0.0285. The van der Waals surface area contributed by atoms with Crippen LogP contribution in [-0.4, -0.2) is 59.2 Å². The largest absolute Gasteiger partial charge is 0.419 e. The molecule has 0 saturated carbocycles. The molecule has 1 fully saturated rings. The summed E-state index contributed by atoms with van der Waals surface area (Å²) < 4.78 is 40.7. The average molecular weight is 528 g/mol. The predicted molar refractivity (Wildman–Crippen MR) is 146 cm³/mol. The lowest BCUT2D eigenvalue weighted by Crippen LogP contribution is -2.48. The number of anilines is 3. The van der Waals surface area contributed by atoms with Gasteiger partial charge in [-0.3, -0.25) is 0 Å². The summed E-state index contributed by atoms with van der Waals surface area (Å²) in [6.45, 7) is 11.9. The van der Waals surface area contributed by atoms with Crippen molar-refractivity contribution in [2.75, 3.05) is 54.0 Å². The first-order valence-electron chi connectivity index (χ1n) is 13.3. The molecule has 3 aromatic rings. The van der Waals surface area contributed by atoms with Gasteiger partial charge in [-0.25, -0.2) is 4.98 Å². The lowest BCUT2D eigenvalue weighted by atomic mass is 10.0. The Morgan fingerprint density at radius 2 is 1.58 bits per heavy atom. The lowest BCUT2D eigenvalue weighted by Gasteiger charge is -2.36. The lowest BCUT2D eigenvalue weighted by molar-refractivity contribution is -0.137. The number of piperazine rings is 1. The molecule has 0 N–H and O–H groups in total. The minimum atomic E-state index is -4.45. The van der Waals surface area contributed by atoms with E-state index in [1.54, 1.807) is 4.90 Å². The van der Waals surface area contributed by atoms with E-state index in [0.29, 0.717) is 49.8 Å². The van der Waals surface area contributed by atoms with Crippen LogP contribution in [0.15, 0.2) is 42.6 Å². The molecule has 4 rings (SSSR count). The van der Waals surface area contributed by atoms with Crippen LogP contribution in [0.3, 0.4) is 0 Å². The maximum Gasteiger partial charge on any atom is 0.419 e. The molecule has 7 nitrogen and oxygen atoms in total. The van der Waals surface area contributed by atoms with Crippen molar-refractivity contribution in [3.05, 3.63) is 53.7 Å². The van der Waals surface area contributed by atoms with Crippen molar-refractivity contribution in [3.8, 4) is 11.4 Å². The molecule has 0 radical (unpaired) electrons. The van der Waals surface area contributed by atoms with Crippen LogP contribution >= 0.6 is 0 Å². The van der Waals surface area contributed by atoms with E-state index in [0.717, 1.165) is 37.6 Å². The molecule has 10 heteroatoms. The summed E-state index contributed by atoms with van der Waals surface area (Å²) in [7, 11) is 0. The van der Waals surface area contributed by atoms with Crippen molar-refractivity contribution in [2.24, 2.45) is 0 Å². The first kappa shape index (κ1) is 27.6. The number of pyridine rings is 1. The standard InChI is InChI=1S/C28H36F3N7/c1-5-13-37(14-6-2)26-33-24(22-10-7-9-21(19-22)20(3)4)34-27(35-26)38-17-15-36(16-18-38)25-23(28(29,30)31)11-8-12-32-25/h7-12,19-20H,5-6,13-18H2,1-4H3. The van der Waals surface area contributed by atoms with E-state index in [4.69, 9.17) is 15.0 Å². The summed E-state index contributed by atoms with van der Waals surface area (Å²) in [5.41, 5.74) is 1.42. The van der Waals surface area contributed by atoms with E-state index in [2.05, 4.69) is 49.7 Å². The summed E-state index contributed by atoms with van der Waals surface area (Å²) in [5.74, 6) is 2.13.